The van der Waals surface area contributed by atoms with Gasteiger partial charge in [-0.3, -0.25) is 4.79 Å². The van der Waals surface area contributed by atoms with Gasteiger partial charge in [-0.15, -0.1) is 12.4 Å². The monoisotopic (exact) mass is 288 g/mol. The summed E-state index contributed by atoms with van der Waals surface area (Å²) in [5.74, 6) is 1.52. The molecule has 0 spiro atoms. The van der Waals surface area contributed by atoms with E-state index in [0.29, 0.717) is 18.4 Å². The molecule has 3 N–H and O–H groups in total. The van der Waals surface area contributed by atoms with E-state index in [2.05, 4.69) is 19.2 Å². The predicted octanol–water partition coefficient (Wildman–Crippen LogP) is 2.87. The third-order valence-electron chi connectivity index (χ3n) is 4.57. The second-order valence-corrected chi connectivity index (χ2v) is 6.80. The standard InChI is InChI=1S/C15H28N2O.ClH/c1-11(2)9-15(7-3-4-8-15)14(18)17-10-13(16)12-5-6-12;/h11-13H,3-10,16H2,1-2H3,(H,17,18);1H. The molecule has 2 fully saturated rings. The normalized spacial score (nSPS) is 22.9. The maximum Gasteiger partial charge on any atom is 0.226 e. The van der Waals surface area contributed by atoms with Crippen LogP contribution in [-0.2, 0) is 4.79 Å². The van der Waals surface area contributed by atoms with Crippen molar-refractivity contribution in [3.05, 3.63) is 0 Å². The first kappa shape index (κ1) is 16.8. The van der Waals surface area contributed by atoms with Gasteiger partial charge in [0.15, 0.2) is 0 Å². The van der Waals surface area contributed by atoms with E-state index in [1.54, 1.807) is 0 Å². The van der Waals surface area contributed by atoms with E-state index in [0.717, 1.165) is 19.3 Å². The van der Waals surface area contributed by atoms with Crippen molar-refractivity contribution in [3.8, 4) is 0 Å². The fraction of sp³-hybridized carbons (Fsp3) is 0.933. The number of nitrogens with one attached hydrogen (secondary N) is 1. The highest BCUT2D eigenvalue weighted by Crippen LogP contribution is 2.43. The summed E-state index contributed by atoms with van der Waals surface area (Å²) < 4.78 is 0. The summed E-state index contributed by atoms with van der Waals surface area (Å²) in [6.45, 7) is 5.09. The van der Waals surface area contributed by atoms with Crippen LogP contribution < -0.4 is 11.1 Å². The summed E-state index contributed by atoms with van der Waals surface area (Å²) in [6, 6.07) is 0.173. The van der Waals surface area contributed by atoms with Crippen LogP contribution in [-0.4, -0.2) is 18.5 Å². The lowest BCUT2D eigenvalue weighted by atomic mass is 9.77. The zero-order valence-electron chi connectivity index (χ0n) is 12.3. The van der Waals surface area contributed by atoms with Crippen molar-refractivity contribution in [2.75, 3.05) is 6.54 Å². The van der Waals surface area contributed by atoms with Gasteiger partial charge < -0.3 is 11.1 Å². The highest BCUT2D eigenvalue weighted by atomic mass is 35.5. The quantitative estimate of drug-likeness (QED) is 0.790. The molecule has 1 unspecified atom stereocenters. The Balaban J connectivity index is 0.00000180. The summed E-state index contributed by atoms with van der Waals surface area (Å²) >= 11 is 0. The Morgan fingerprint density at radius 3 is 2.37 bits per heavy atom. The summed E-state index contributed by atoms with van der Waals surface area (Å²) in [6.07, 6.45) is 8.05. The van der Waals surface area contributed by atoms with Crippen LogP contribution in [0.3, 0.4) is 0 Å². The van der Waals surface area contributed by atoms with E-state index in [9.17, 15) is 4.79 Å². The molecule has 0 saturated heterocycles. The third kappa shape index (κ3) is 4.35. The molecule has 4 heteroatoms. The highest BCUT2D eigenvalue weighted by molar-refractivity contribution is 5.85. The Bertz CT molecular complexity index is 297. The topological polar surface area (TPSA) is 55.1 Å². The molecule has 3 nitrogen and oxygen atoms in total. The van der Waals surface area contributed by atoms with Crippen molar-refractivity contribution in [2.24, 2.45) is 23.0 Å². The number of carbonyl (C=O) groups is 1. The number of amides is 1. The second kappa shape index (κ2) is 6.94. The number of halogens is 1. The number of hydrogen-bond donors (Lipinski definition) is 2. The number of hydrogen-bond acceptors (Lipinski definition) is 2. The maximum absolute atomic E-state index is 12.5. The van der Waals surface area contributed by atoms with Gasteiger partial charge in [-0.05, 0) is 43.9 Å². The molecule has 2 aliphatic carbocycles. The lowest BCUT2D eigenvalue weighted by Gasteiger charge is -2.30. The first-order valence-electron chi connectivity index (χ1n) is 7.57. The van der Waals surface area contributed by atoms with Gasteiger partial charge >= 0.3 is 0 Å². The average Bonchev–Trinajstić information content (AvgIpc) is 3.06. The molecule has 112 valence electrons. The second-order valence-electron chi connectivity index (χ2n) is 6.80. The minimum absolute atomic E-state index is 0. The number of carbonyl (C=O) groups excluding carboxylic acids is 1. The number of nitrogens with two attached hydrogens (primary N) is 1. The van der Waals surface area contributed by atoms with Gasteiger partial charge in [0.2, 0.25) is 5.91 Å². The molecule has 1 amide bonds. The molecule has 0 aromatic carbocycles. The van der Waals surface area contributed by atoms with Crippen LogP contribution in [0.15, 0.2) is 0 Å². The molecule has 0 heterocycles. The molecule has 0 aromatic heterocycles. The molecule has 19 heavy (non-hydrogen) atoms. The third-order valence-corrected chi connectivity index (χ3v) is 4.57. The Kier molecular flexibility index (Phi) is 6.13. The van der Waals surface area contributed by atoms with Crippen molar-refractivity contribution >= 4 is 18.3 Å². The molecule has 0 bridgehead atoms. The van der Waals surface area contributed by atoms with Gasteiger partial charge in [-0.1, -0.05) is 26.7 Å². The van der Waals surface area contributed by atoms with Crippen LogP contribution in [0.1, 0.15) is 58.8 Å². The van der Waals surface area contributed by atoms with Crippen molar-refractivity contribution in [3.63, 3.8) is 0 Å². The summed E-state index contributed by atoms with van der Waals surface area (Å²) in [7, 11) is 0. The van der Waals surface area contributed by atoms with E-state index in [1.807, 2.05) is 0 Å². The summed E-state index contributed by atoms with van der Waals surface area (Å²) in [5, 5.41) is 3.13. The Labute approximate surface area is 123 Å². The van der Waals surface area contributed by atoms with Crippen molar-refractivity contribution in [2.45, 2.75) is 64.8 Å². The zero-order chi connectivity index (χ0) is 13.2. The smallest absolute Gasteiger partial charge is 0.226 e. The van der Waals surface area contributed by atoms with E-state index in [-0.39, 0.29) is 29.8 Å². The molecule has 2 rings (SSSR count). The van der Waals surface area contributed by atoms with E-state index < -0.39 is 0 Å². The van der Waals surface area contributed by atoms with Gasteiger partial charge in [-0.25, -0.2) is 0 Å². The van der Waals surface area contributed by atoms with Crippen molar-refractivity contribution in [1.82, 2.24) is 5.32 Å². The first-order valence-corrected chi connectivity index (χ1v) is 7.57. The Morgan fingerprint density at radius 2 is 1.89 bits per heavy atom. The van der Waals surface area contributed by atoms with Crippen molar-refractivity contribution in [1.29, 1.82) is 0 Å². The SMILES string of the molecule is CC(C)CC1(C(=O)NCC(N)C2CC2)CCCC1.Cl. The van der Waals surface area contributed by atoms with Gasteiger partial charge in [0, 0.05) is 18.0 Å². The van der Waals surface area contributed by atoms with Crippen LogP contribution in [0.4, 0.5) is 0 Å². The van der Waals surface area contributed by atoms with E-state index >= 15 is 0 Å². The van der Waals surface area contributed by atoms with Gasteiger partial charge in [-0.2, -0.15) is 0 Å². The zero-order valence-corrected chi connectivity index (χ0v) is 13.1. The van der Waals surface area contributed by atoms with Gasteiger partial charge in [0.25, 0.3) is 0 Å². The molecular formula is C15H29ClN2O. The first-order chi connectivity index (χ1) is 8.53. The minimum Gasteiger partial charge on any atom is -0.354 e. The lowest BCUT2D eigenvalue weighted by molar-refractivity contribution is -0.131. The molecular weight excluding hydrogens is 260 g/mol. The molecule has 2 aliphatic rings. The maximum atomic E-state index is 12.5. The fourth-order valence-electron chi connectivity index (χ4n) is 3.45. The Hall–Kier alpha value is -0.280. The average molecular weight is 289 g/mol. The van der Waals surface area contributed by atoms with E-state index in [4.69, 9.17) is 5.73 Å². The van der Waals surface area contributed by atoms with Crippen LogP contribution >= 0.6 is 12.4 Å². The molecule has 1 atom stereocenters. The lowest BCUT2D eigenvalue weighted by Crippen LogP contribution is -2.45. The summed E-state index contributed by atoms with van der Waals surface area (Å²) in [5.41, 5.74) is 5.97. The number of rotatable bonds is 6. The molecule has 0 aliphatic heterocycles. The Morgan fingerprint density at radius 1 is 1.32 bits per heavy atom. The largest absolute Gasteiger partial charge is 0.354 e. The minimum atomic E-state index is -0.0859. The van der Waals surface area contributed by atoms with Crippen LogP contribution in [0.25, 0.3) is 0 Å². The molecule has 0 aromatic rings. The van der Waals surface area contributed by atoms with Crippen LogP contribution in [0, 0.1) is 17.3 Å². The van der Waals surface area contributed by atoms with Crippen molar-refractivity contribution < 1.29 is 4.79 Å². The summed E-state index contributed by atoms with van der Waals surface area (Å²) in [4.78, 5) is 12.5. The van der Waals surface area contributed by atoms with Gasteiger partial charge in [0.1, 0.15) is 0 Å². The van der Waals surface area contributed by atoms with E-state index in [1.165, 1.54) is 25.7 Å². The highest BCUT2D eigenvalue weighted by Gasteiger charge is 2.41. The van der Waals surface area contributed by atoms with Gasteiger partial charge in [0.05, 0.1) is 0 Å². The van der Waals surface area contributed by atoms with Crippen LogP contribution in [0.5, 0.6) is 0 Å². The molecule has 0 radical (unpaired) electrons. The molecule has 2 saturated carbocycles. The predicted molar refractivity (Wildman–Crippen MR) is 81.3 cm³/mol. The fourth-order valence-corrected chi connectivity index (χ4v) is 3.45. The van der Waals surface area contributed by atoms with Crippen LogP contribution in [0.2, 0.25) is 0 Å².